The molecule has 0 saturated heterocycles. The monoisotopic (exact) mass is 336 g/mol. The molecule has 0 radical (unpaired) electrons. The van der Waals surface area contributed by atoms with Gasteiger partial charge in [0.1, 0.15) is 11.2 Å². The Morgan fingerprint density at radius 3 is 2.33 bits per heavy atom. The average molecular weight is 336 g/mol. The second-order valence-electron chi connectivity index (χ2n) is 9.37. The molecule has 4 unspecified atom stereocenters. The molecule has 0 aliphatic heterocycles. The Kier molecular flexibility index (Phi) is 3.69. The van der Waals surface area contributed by atoms with Crippen molar-refractivity contribution in [2.24, 2.45) is 11.3 Å². The minimum absolute atomic E-state index is 0.177. The van der Waals surface area contributed by atoms with E-state index >= 15 is 0 Å². The Hall–Kier alpha value is -1.36. The summed E-state index contributed by atoms with van der Waals surface area (Å²) in [5.41, 5.74) is -2.72. The minimum atomic E-state index is -0.953. The standard InChI is InChI=1S/C19H28O5/c1-12(2)14(20)23-19-8-13-6-17(10-19,9-18(22,7-13)11-19)15(21)24-16(3,4)5/h13,22H,1,6-11H2,2-5H3. The molecule has 4 bridgehead atoms. The van der Waals surface area contributed by atoms with Crippen LogP contribution in [-0.4, -0.2) is 33.8 Å². The van der Waals surface area contributed by atoms with Crippen molar-refractivity contribution in [2.75, 3.05) is 0 Å². The van der Waals surface area contributed by atoms with Crippen LogP contribution in [0.4, 0.5) is 0 Å². The topological polar surface area (TPSA) is 72.8 Å². The zero-order valence-electron chi connectivity index (χ0n) is 15.1. The van der Waals surface area contributed by atoms with Gasteiger partial charge in [-0.25, -0.2) is 4.79 Å². The summed E-state index contributed by atoms with van der Waals surface area (Å²) >= 11 is 0. The Balaban J connectivity index is 1.92. The molecule has 134 valence electrons. The predicted octanol–water partition coefficient (Wildman–Crippen LogP) is 2.90. The number of aliphatic hydroxyl groups is 1. The molecule has 4 rings (SSSR count). The highest BCUT2D eigenvalue weighted by molar-refractivity contribution is 5.87. The maximum atomic E-state index is 12.9. The molecule has 5 nitrogen and oxygen atoms in total. The van der Waals surface area contributed by atoms with Crippen LogP contribution < -0.4 is 0 Å². The second-order valence-corrected chi connectivity index (χ2v) is 9.37. The van der Waals surface area contributed by atoms with E-state index in [0.717, 1.165) is 0 Å². The Bertz CT molecular complexity index is 603. The van der Waals surface area contributed by atoms with Gasteiger partial charge in [-0.3, -0.25) is 4.79 Å². The van der Waals surface area contributed by atoms with E-state index in [2.05, 4.69) is 6.58 Å². The van der Waals surface area contributed by atoms with Crippen LogP contribution in [-0.2, 0) is 19.1 Å². The van der Waals surface area contributed by atoms with Gasteiger partial charge in [-0.05, 0) is 59.3 Å². The number of ether oxygens (including phenoxy) is 2. The fourth-order valence-corrected chi connectivity index (χ4v) is 5.31. The molecular formula is C19H28O5. The Morgan fingerprint density at radius 1 is 1.12 bits per heavy atom. The van der Waals surface area contributed by atoms with Crippen molar-refractivity contribution >= 4 is 11.9 Å². The van der Waals surface area contributed by atoms with Crippen molar-refractivity contribution < 1.29 is 24.2 Å². The third-order valence-electron chi connectivity index (χ3n) is 5.48. The highest BCUT2D eigenvalue weighted by Gasteiger charge is 2.68. The van der Waals surface area contributed by atoms with Gasteiger partial charge in [0, 0.05) is 18.4 Å². The van der Waals surface area contributed by atoms with Gasteiger partial charge in [-0.2, -0.15) is 0 Å². The predicted molar refractivity (Wildman–Crippen MR) is 88.1 cm³/mol. The number of rotatable bonds is 3. The van der Waals surface area contributed by atoms with Crippen LogP contribution in [0.25, 0.3) is 0 Å². The number of carbonyl (C=O) groups is 2. The van der Waals surface area contributed by atoms with Crippen LogP contribution in [0.5, 0.6) is 0 Å². The zero-order chi connectivity index (χ0) is 18.0. The van der Waals surface area contributed by atoms with Crippen LogP contribution in [0, 0.1) is 11.3 Å². The molecule has 24 heavy (non-hydrogen) atoms. The first-order valence-electron chi connectivity index (χ1n) is 8.71. The van der Waals surface area contributed by atoms with Gasteiger partial charge < -0.3 is 14.6 Å². The first kappa shape index (κ1) is 17.5. The molecule has 4 aliphatic carbocycles. The third kappa shape index (κ3) is 2.99. The van der Waals surface area contributed by atoms with E-state index in [4.69, 9.17) is 9.47 Å². The van der Waals surface area contributed by atoms with Crippen molar-refractivity contribution in [3.63, 3.8) is 0 Å². The maximum absolute atomic E-state index is 12.9. The second kappa shape index (κ2) is 5.07. The molecule has 0 aromatic rings. The van der Waals surface area contributed by atoms with Gasteiger partial charge in [0.25, 0.3) is 0 Å². The lowest BCUT2D eigenvalue weighted by molar-refractivity contribution is -0.248. The number of hydrogen-bond donors (Lipinski definition) is 1. The van der Waals surface area contributed by atoms with E-state index in [1.807, 2.05) is 20.8 Å². The van der Waals surface area contributed by atoms with E-state index in [-0.39, 0.29) is 11.9 Å². The number of hydrogen-bond acceptors (Lipinski definition) is 5. The van der Waals surface area contributed by atoms with Crippen molar-refractivity contribution in [3.8, 4) is 0 Å². The van der Waals surface area contributed by atoms with Crippen molar-refractivity contribution in [2.45, 2.75) is 83.0 Å². The molecule has 4 aliphatic rings. The minimum Gasteiger partial charge on any atom is -0.460 e. The van der Waals surface area contributed by atoms with Gasteiger partial charge in [0.05, 0.1) is 11.0 Å². The lowest BCUT2D eigenvalue weighted by Crippen LogP contribution is -2.66. The summed E-state index contributed by atoms with van der Waals surface area (Å²) in [6.07, 6.45) is 3.32. The van der Waals surface area contributed by atoms with Crippen LogP contribution in [0.1, 0.15) is 66.2 Å². The SMILES string of the molecule is C=C(C)C(=O)OC12CC3CC(O)(C1)CC(C(=O)OC(C)(C)C)(C3)C2. The lowest BCUT2D eigenvalue weighted by Gasteiger charge is -2.62. The van der Waals surface area contributed by atoms with Crippen molar-refractivity contribution in [1.29, 1.82) is 0 Å². The maximum Gasteiger partial charge on any atom is 0.333 e. The van der Waals surface area contributed by atoms with Gasteiger partial charge in [0.2, 0.25) is 0 Å². The highest BCUT2D eigenvalue weighted by Crippen LogP contribution is 2.64. The first-order valence-corrected chi connectivity index (χ1v) is 8.71. The molecule has 4 fully saturated rings. The van der Waals surface area contributed by atoms with Crippen molar-refractivity contribution in [3.05, 3.63) is 12.2 Å². The summed E-state index contributed by atoms with van der Waals surface area (Å²) in [7, 11) is 0. The van der Waals surface area contributed by atoms with Crippen LogP contribution >= 0.6 is 0 Å². The molecule has 0 amide bonds. The molecular weight excluding hydrogens is 308 g/mol. The van der Waals surface area contributed by atoms with Gasteiger partial charge in [-0.15, -0.1) is 0 Å². The lowest BCUT2D eigenvalue weighted by atomic mass is 9.46. The van der Waals surface area contributed by atoms with Gasteiger partial charge >= 0.3 is 11.9 Å². The molecule has 0 heterocycles. The highest BCUT2D eigenvalue weighted by atomic mass is 16.6. The Labute approximate surface area is 143 Å². The van der Waals surface area contributed by atoms with E-state index in [1.54, 1.807) is 6.92 Å². The first-order chi connectivity index (χ1) is 10.9. The quantitative estimate of drug-likeness (QED) is 0.634. The van der Waals surface area contributed by atoms with Crippen LogP contribution in [0.15, 0.2) is 12.2 Å². The molecule has 1 N–H and O–H groups in total. The van der Waals surface area contributed by atoms with Crippen LogP contribution in [0.3, 0.4) is 0 Å². The van der Waals surface area contributed by atoms with E-state index in [0.29, 0.717) is 44.1 Å². The van der Waals surface area contributed by atoms with Gasteiger partial charge in [-0.1, -0.05) is 6.58 Å². The summed E-state index contributed by atoms with van der Waals surface area (Å²) in [4.78, 5) is 25.0. The van der Waals surface area contributed by atoms with E-state index in [1.165, 1.54) is 0 Å². The van der Waals surface area contributed by atoms with E-state index in [9.17, 15) is 14.7 Å². The van der Waals surface area contributed by atoms with E-state index < -0.39 is 28.2 Å². The largest absolute Gasteiger partial charge is 0.460 e. The van der Waals surface area contributed by atoms with Gasteiger partial charge in [0.15, 0.2) is 0 Å². The molecule has 5 heteroatoms. The normalized spacial score (nSPS) is 40.3. The third-order valence-corrected chi connectivity index (χ3v) is 5.48. The molecule has 4 atom stereocenters. The molecule has 0 spiro atoms. The molecule has 4 saturated carbocycles. The fourth-order valence-electron chi connectivity index (χ4n) is 5.31. The number of esters is 2. The average Bonchev–Trinajstić information content (AvgIpc) is 2.32. The summed E-state index contributed by atoms with van der Waals surface area (Å²) in [6.45, 7) is 10.8. The summed E-state index contributed by atoms with van der Waals surface area (Å²) in [5, 5.41) is 11.0. The summed E-state index contributed by atoms with van der Waals surface area (Å²) < 4.78 is 11.4. The molecule has 0 aromatic heterocycles. The van der Waals surface area contributed by atoms with Crippen molar-refractivity contribution in [1.82, 2.24) is 0 Å². The van der Waals surface area contributed by atoms with Crippen LogP contribution in [0.2, 0.25) is 0 Å². The Morgan fingerprint density at radius 2 is 1.79 bits per heavy atom. The fraction of sp³-hybridized carbons (Fsp3) is 0.789. The summed E-state index contributed by atoms with van der Waals surface area (Å²) in [6, 6.07) is 0. The number of carbonyl (C=O) groups excluding carboxylic acids is 2. The smallest absolute Gasteiger partial charge is 0.333 e. The summed E-state index contributed by atoms with van der Waals surface area (Å²) in [5.74, 6) is -0.537. The zero-order valence-corrected chi connectivity index (χ0v) is 15.1. The molecule has 0 aromatic carbocycles.